The Morgan fingerprint density at radius 3 is 2.44 bits per heavy atom. The van der Waals surface area contributed by atoms with E-state index in [-0.39, 0.29) is 11.8 Å². The minimum Gasteiger partial charge on any atom is -0.336 e. The number of rotatable bonds is 3. The molecule has 0 aliphatic carbocycles. The Morgan fingerprint density at radius 2 is 1.74 bits per heavy atom. The lowest BCUT2D eigenvalue weighted by Crippen LogP contribution is -2.34. The minimum atomic E-state index is -0.0368. The summed E-state index contributed by atoms with van der Waals surface area (Å²) >= 11 is 0. The van der Waals surface area contributed by atoms with Gasteiger partial charge in [0.2, 0.25) is 0 Å². The molecule has 7 nitrogen and oxygen atoms in total. The van der Waals surface area contributed by atoms with Crippen LogP contribution in [0.3, 0.4) is 0 Å². The molecule has 1 aliphatic heterocycles. The van der Waals surface area contributed by atoms with Crippen LogP contribution in [-0.4, -0.2) is 48.6 Å². The Kier molecular flexibility index (Phi) is 4.66. The van der Waals surface area contributed by atoms with Gasteiger partial charge < -0.3 is 9.47 Å². The van der Waals surface area contributed by atoms with Gasteiger partial charge in [-0.2, -0.15) is 0 Å². The molecule has 0 saturated carbocycles. The Bertz CT molecular complexity index is 933. The fraction of sp³-hybridized carbons (Fsp3) is 0.350. The van der Waals surface area contributed by atoms with E-state index >= 15 is 0 Å². The van der Waals surface area contributed by atoms with Crippen molar-refractivity contribution in [3.05, 3.63) is 59.9 Å². The molecule has 1 aliphatic rings. The molecule has 3 heterocycles. The molecular weight excluding hydrogens is 340 g/mol. The predicted octanol–water partition coefficient (Wildman–Crippen LogP) is 2.56. The van der Waals surface area contributed by atoms with Crippen molar-refractivity contribution < 1.29 is 4.79 Å². The number of hydrogen-bond donors (Lipinski definition) is 0. The van der Waals surface area contributed by atoms with Crippen molar-refractivity contribution in [2.45, 2.75) is 32.7 Å². The van der Waals surface area contributed by atoms with E-state index in [0.717, 1.165) is 23.0 Å². The smallest absolute Gasteiger partial charge is 0.257 e. The van der Waals surface area contributed by atoms with E-state index in [1.807, 2.05) is 49.1 Å². The first-order valence-corrected chi connectivity index (χ1v) is 9.22. The zero-order chi connectivity index (χ0) is 18.8. The van der Waals surface area contributed by atoms with E-state index < -0.39 is 0 Å². The maximum absolute atomic E-state index is 12.9. The van der Waals surface area contributed by atoms with Crippen molar-refractivity contribution in [3.63, 3.8) is 0 Å². The number of aromatic nitrogens is 5. The maximum atomic E-state index is 12.9. The fourth-order valence-corrected chi connectivity index (χ4v) is 3.26. The molecule has 0 atom stereocenters. The number of nitrogens with zero attached hydrogens (tertiary/aromatic N) is 6. The van der Waals surface area contributed by atoms with Crippen LogP contribution < -0.4 is 0 Å². The quantitative estimate of drug-likeness (QED) is 0.716. The van der Waals surface area contributed by atoms with Gasteiger partial charge >= 0.3 is 0 Å². The second-order valence-corrected chi connectivity index (χ2v) is 6.98. The lowest BCUT2D eigenvalue weighted by atomic mass is 10.2. The highest BCUT2D eigenvalue weighted by Gasteiger charge is 2.23. The van der Waals surface area contributed by atoms with Gasteiger partial charge in [-0.25, -0.2) is 9.97 Å². The van der Waals surface area contributed by atoms with Gasteiger partial charge in [-0.3, -0.25) is 4.79 Å². The van der Waals surface area contributed by atoms with E-state index in [2.05, 4.69) is 24.7 Å². The number of benzene rings is 1. The molecule has 7 heteroatoms. The normalized spacial score (nSPS) is 14.1. The van der Waals surface area contributed by atoms with Gasteiger partial charge in [-0.05, 0) is 0 Å². The molecule has 1 aromatic carbocycles. The maximum Gasteiger partial charge on any atom is 0.257 e. The molecule has 0 saturated heterocycles. The van der Waals surface area contributed by atoms with E-state index in [0.29, 0.717) is 31.6 Å². The van der Waals surface area contributed by atoms with Crippen LogP contribution >= 0.6 is 0 Å². The highest BCUT2D eigenvalue weighted by Crippen LogP contribution is 2.20. The lowest BCUT2D eigenvalue weighted by Gasteiger charge is -2.20. The van der Waals surface area contributed by atoms with Gasteiger partial charge in [0.1, 0.15) is 11.6 Å². The lowest BCUT2D eigenvalue weighted by molar-refractivity contribution is 0.0758. The average Bonchev–Trinajstić information content (AvgIpc) is 2.99. The summed E-state index contributed by atoms with van der Waals surface area (Å²) in [7, 11) is 0. The Hall–Kier alpha value is -3.09. The van der Waals surface area contributed by atoms with Gasteiger partial charge in [0.05, 0.1) is 5.56 Å². The molecule has 0 N–H and O–H groups in total. The van der Waals surface area contributed by atoms with E-state index in [1.54, 1.807) is 12.4 Å². The molecular formula is C20H22N6O. The topological polar surface area (TPSA) is 76.8 Å². The summed E-state index contributed by atoms with van der Waals surface area (Å²) in [5.41, 5.74) is 1.56. The molecule has 138 valence electrons. The largest absolute Gasteiger partial charge is 0.336 e. The van der Waals surface area contributed by atoms with Crippen LogP contribution in [0.4, 0.5) is 0 Å². The van der Waals surface area contributed by atoms with Crippen LogP contribution in [0.25, 0.3) is 11.4 Å². The molecule has 3 aromatic rings. The third-order valence-electron chi connectivity index (χ3n) is 4.78. The molecule has 0 radical (unpaired) electrons. The standard InChI is InChI=1S/C20H22N6O/c1-14(2)18-21-12-16(13-22-18)20(27)25-9-8-17-23-24-19(26(17)11-10-25)15-6-4-3-5-7-15/h3-7,12-14H,8-11H2,1-2H3. The Morgan fingerprint density at radius 1 is 1.00 bits per heavy atom. The van der Waals surface area contributed by atoms with Crippen LogP contribution in [0, 0.1) is 0 Å². The van der Waals surface area contributed by atoms with E-state index in [1.165, 1.54) is 0 Å². The number of hydrogen-bond acceptors (Lipinski definition) is 5. The molecule has 27 heavy (non-hydrogen) atoms. The van der Waals surface area contributed by atoms with Crippen molar-refractivity contribution in [3.8, 4) is 11.4 Å². The SMILES string of the molecule is CC(C)c1ncc(C(=O)N2CCc3nnc(-c4ccccc4)n3CC2)cn1. The van der Waals surface area contributed by atoms with Crippen molar-refractivity contribution in [2.24, 2.45) is 0 Å². The van der Waals surface area contributed by atoms with Crippen LogP contribution in [0.1, 0.15) is 41.8 Å². The van der Waals surface area contributed by atoms with Crippen LogP contribution in [0.2, 0.25) is 0 Å². The molecule has 0 fully saturated rings. The fourth-order valence-electron chi connectivity index (χ4n) is 3.26. The molecule has 4 rings (SSSR count). The minimum absolute atomic E-state index is 0.0368. The van der Waals surface area contributed by atoms with Gasteiger partial charge in [-0.1, -0.05) is 44.2 Å². The summed E-state index contributed by atoms with van der Waals surface area (Å²) < 4.78 is 2.11. The third kappa shape index (κ3) is 3.45. The van der Waals surface area contributed by atoms with Gasteiger partial charge in [0.25, 0.3) is 5.91 Å². The average molecular weight is 362 g/mol. The first kappa shape index (κ1) is 17.3. The highest BCUT2D eigenvalue weighted by molar-refractivity contribution is 5.93. The highest BCUT2D eigenvalue weighted by atomic mass is 16.2. The number of amides is 1. The van der Waals surface area contributed by atoms with E-state index in [9.17, 15) is 4.79 Å². The second kappa shape index (κ2) is 7.26. The van der Waals surface area contributed by atoms with Crippen molar-refractivity contribution >= 4 is 5.91 Å². The molecule has 1 amide bonds. The first-order chi connectivity index (χ1) is 13.1. The Labute approximate surface area is 158 Å². The number of fused-ring (bicyclic) bond motifs is 1. The monoisotopic (exact) mass is 362 g/mol. The Balaban J connectivity index is 1.52. The number of carbonyl (C=O) groups excluding carboxylic acids is 1. The number of carbonyl (C=O) groups is 1. The van der Waals surface area contributed by atoms with Gasteiger partial charge in [0.15, 0.2) is 5.82 Å². The van der Waals surface area contributed by atoms with Gasteiger partial charge in [-0.15, -0.1) is 10.2 Å². The van der Waals surface area contributed by atoms with Crippen LogP contribution in [0.15, 0.2) is 42.7 Å². The summed E-state index contributed by atoms with van der Waals surface area (Å²) in [4.78, 5) is 23.3. The van der Waals surface area contributed by atoms with Crippen molar-refractivity contribution in [1.29, 1.82) is 0 Å². The molecule has 0 bridgehead atoms. The van der Waals surface area contributed by atoms with Crippen LogP contribution in [-0.2, 0) is 13.0 Å². The summed E-state index contributed by atoms with van der Waals surface area (Å²) in [6.45, 7) is 5.95. The molecule has 0 unspecified atom stereocenters. The second-order valence-electron chi connectivity index (χ2n) is 6.98. The molecule has 2 aromatic heterocycles. The summed E-state index contributed by atoms with van der Waals surface area (Å²) in [5.74, 6) is 2.72. The van der Waals surface area contributed by atoms with Gasteiger partial charge in [0, 0.05) is 49.9 Å². The summed E-state index contributed by atoms with van der Waals surface area (Å²) in [6.07, 6.45) is 3.94. The first-order valence-electron chi connectivity index (χ1n) is 9.22. The molecule has 0 spiro atoms. The zero-order valence-corrected chi connectivity index (χ0v) is 15.5. The summed E-state index contributed by atoms with van der Waals surface area (Å²) in [5, 5.41) is 8.69. The zero-order valence-electron chi connectivity index (χ0n) is 15.5. The summed E-state index contributed by atoms with van der Waals surface area (Å²) in [6, 6.07) is 10.0. The predicted molar refractivity (Wildman–Crippen MR) is 101 cm³/mol. The van der Waals surface area contributed by atoms with E-state index in [4.69, 9.17) is 0 Å². The van der Waals surface area contributed by atoms with Crippen LogP contribution in [0.5, 0.6) is 0 Å². The van der Waals surface area contributed by atoms with Crippen molar-refractivity contribution in [2.75, 3.05) is 13.1 Å². The van der Waals surface area contributed by atoms with Crippen molar-refractivity contribution in [1.82, 2.24) is 29.6 Å². The third-order valence-corrected chi connectivity index (χ3v) is 4.78.